The van der Waals surface area contributed by atoms with E-state index in [0.717, 1.165) is 11.1 Å². The molecule has 0 heterocycles. The van der Waals surface area contributed by atoms with E-state index in [1.165, 1.54) is 17.7 Å². The predicted molar refractivity (Wildman–Crippen MR) is 61.6 cm³/mol. The van der Waals surface area contributed by atoms with Gasteiger partial charge in [0, 0.05) is 5.02 Å². The van der Waals surface area contributed by atoms with E-state index in [0.29, 0.717) is 5.02 Å². The molecule has 0 aromatic heterocycles. The smallest absolute Gasteiger partial charge is 0.125 e. The zero-order valence-electron chi connectivity index (χ0n) is 8.30. The fraction of sp³-hybridized carbons (Fsp3) is 0.0769. The Morgan fingerprint density at radius 3 is 2.20 bits per heavy atom. The van der Waals surface area contributed by atoms with Gasteiger partial charge in [0.05, 0.1) is 0 Å². The van der Waals surface area contributed by atoms with E-state index in [9.17, 15) is 4.39 Å². The fourth-order valence-electron chi connectivity index (χ4n) is 1.47. The van der Waals surface area contributed by atoms with Crippen LogP contribution in [0.1, 0.15) is 5.56 Å². The maximum Gasteiger partial charge on any atom is 0.125 e. The zero-order valence-corrected chi connectivity index (χ0v) is 9.05. The first-order chi connectivity index (χ1) is 7.15. The summed E-state index contributed by atoms with van der Waals surface area (Å²) < 4.78 is 13.1. The van der Waals surface area contributed by atoms with Crippen LogP contribution in [-0.4, -0.2) is 0 Å². The van der Waals surface area contributed by atoms with E-state index in [4.69, 9.17) is 11.6 Å². The highest BCUT2D eigenvalue weighted by atomic mass is 35.5. The lowest BCUT2D eigenvalue weighted by Crippen LogP contribution is -1.81. The second kappa shape index (κ2) is 4.03. The van der Waals surface area contributed by atoms with Crippen molar-refractivity contribution in [2.24, 2.45) is 0 Å². The van der Waals surface area contributed by atoms with Gasteiger partial charge in [0.2, 0.25) is 0 Å². The summed E-state index contributed by atoms with van der Waals surface area (Å²) in [6.45, 7) is 2.02. The van der Waals surface area contributed by atoms with Gasteiger partial charge < -0.3 is 0 Å². The SMILES string of the molecule is Cc1ccc(-c2cc(F)cc(Cl)c2)cc1. The van der Waals surface area contributed by atoms with Crippen molar-refractivity contribution in [3.8, 4) is 11.1 Å². The second-order valence-corrected chi connectivity index (χ2v) is 3.96. The molecule has 0 saturated heterocycles. The van der Waals surface area contributed by atoms with Crippen LogP contribution in [0.2, 0.25) is 5.02 Å². The molecule has 0 saturated carbocycles. The number of benzene rings is 2. The number of aryl methyl sites for hydroxylation is 1. The number of rotatable bonds is 1. The van der Waals surface area contributed by atoms with Gasteiger partial charge in [-0.25, -0.2) is 4.39 Å². The molecule has 2 aromatic carbocycles. The Hall–Kier alpha value is -1.34. The summed E-state index contributed by atoms with van der Waals surface area (Å²) in [6.07, 6.45) is 0. The second-order valence-electron chi connectivity index (χ2n) is 3.52. The maximum atomic E-state index is 13.1. The van der Waals surface area contributed by atoms with E-state index in [2.05, 4.69) is 0 Å². The molecular weight excluding hydrogens is 211 g/mol. The van der Waals surface area contributed by atoms with Crippen molar-refractivity contribution in [2.75, 3.05) is 0 Å². The van der Waals surface area contributed by atoms with Gasteiger partial charge in [0.1, 0.15) is 5.82 Å². The Morgan fingerprint density at radius 1 is 0.933 bits per heavy atom. The minimum atomic E-state index is -0.307. The fourth-order valence-corrected chi connectivity index (χ4v) is 1.69. The van der Waals surface area contributed by atoms with Gasteiger partial charge in [0.15, 0.2) is 0 Å². The molecule has 2 heteroatoms. The summed E-state index contributed by atoms with van der Waals surface area (Å²) in [5.74, 6) is -0.307. The zero-order chi connectivity index (χ0) is 10.8. The summed E-state index contributed by atoms with van der Waals surface area (Å²) in [7, 11) is 0. The third-order valence-corrected chi connectivity index (χ3v) is 2.47. The van der Waals surface area contributed by atoms with Gasteiger partial charge in [-0.15, -0.1) is 0 Å². The van der Waals surface area contributed by atoms with Gasteiger partial charge in [0.25, 0.3) is 0 Å². The predicted octanol–water partition coefficient (Wildman–Crippen LogP) is 4.45. The molecule has 2 aromatic rings. The molecule has 0 atom stereocenters. The molecule has 76 valence electrons. The van der Waals surface area contributed by atoms with Crippen LogP contribution in [0.25, 0.3) is 11.1 Å². The Kier molecular flexibility index (Phi) is 2.74. The monoisotopic (exact) mass is 220 g/mol. The number of hydrogen-bond donors (Lipinski definition) is 0. The van der Waals surface area contributed by atoms with Crippen molar-refractivity contribution in [3.05, 3.63) is 58.9 Å². The molecule has 0 nitrogen and oxygen atoms in total. The van der Waals surface area contributed by atoms with Crippen LogP contribution in [-0.2, 0) is 0 Å². The largest absolute Gasteiger partial charge is 0.207 e. The van der Waals surface area contributed by atoms with Crippen LogP contribution in [0.3, 0.4) is 0 Å². The van der Waals surface area contributed by atoms with Crippen molar-refractivity contribution in [1.29, 1.82) is 0 Å². The topological polar surface area (TPSA) is 0 Å². The molecule has 0 amide bonds. The van der Waals surface area contributed by atoms with Crippen molar-refractivity contribution >= 4 is 11.6 Å². The lowest BCUT2D eigenvalue weighted by atomic mass is 10.0. The molecule has 15 heavy (non-hydrogen) atoms. The van der Waals surface area contributed by atoms with Gasteiger partial charge in [-0.3, -0.25) is 0 Å². The first-order valence-corrected chi connectivity index (χ1v) is 5.06. The Balaban J connectivity index is 2.49. The maximum absolute atomic E-state index is 13.1. The number of hydrogen-bond acceptors (Lipinski definition) is 0. The molecule has 0 aliphatic heterocycles. The van der Waals surface area contributed by atoms with E-state index in [1.54, 1.807) is 6.07 Å². The van der Waals surface area contributed by atoms with E-state index in [-0.39, 0.29) is 5.82 Å². The van der Waals surface area contributed by atoms with Gasteiger partial charge in [-0.2, -0.15) is 0 Å². The molecule has 0 bridgehead atoms. The molecule has 0 aliphatic rings. The molecule has 0 N–H and O–H groups in total. The molecule has 0 radical (unpaired) electrons. The Morgan fingerprint density at radius 2 is 1.60 bits per heavy atom. The van der Waals surface area contributed by atoms with E-state index in [1.807, 2.05) is 31.2 Å². The molecule has 0 aliphatic carbocycles. The van der Waals surface area contributed by atoms with Crippen LogP contribution >= 0.6 is 11.6 Å². The van der Waals surface area contributed by atoms with Gasteiger partial charge >= 0.3 is 0 Å². The molecule has 2 rings (SSSR count). The van der Waals surface area contributed by atoms with Crippen molar-refractivity contribution in [3.63, 3.8) is 0 Å². The van der Waals surface area contributed by atoms with E-state index >= 15 is 0 Å². The number of halogens is 2. The normalized spacial score (nSPS) is 10.3. The van der Waals surface area contributed by atoms with Gasteiger partial charge in [-0.1, -0.05) is 41.4 Å². The first-order valence-electron chi connectivity index (χ1n) is 4.68. The first kappa shape index (κ1) is 10.2. The van der Waals surface area contributed by atoms with Crippen molar-refractivity contribution < 1.29 is 4.39 Å². The van der Waals surface area contributed by atoms with Crippen LogP contribution in [0, 0.1) is 12.7 Å². The molecule has 0 spiro atoms. The summed E-state index contributed by atoms with van der Waals surface area (Å²) in [4.78, 5) is 0. The minimum Gasteiger partial charge on any atom is -0.207 e. The summed E-state index contributed by atoms with van der Waals surface area (Å²) in [5, 5.41) is 0.422. The highest BCUT2D eigenvalue weighted by molar-refractivity contribution is 6.30. The lowest BCUT2D eigenvalue weighted by molar-refractivity contribution is 0.628. The minimum absolute atomic E-state index is 0.307. The lowest BCUT2D eigenvalue weighted by Gasteiger charge is -2.03. The highest BCUT2D eigenvalue weighted by Gasteiger charge is 2.01. The van der Waals surface area contributed by atoms with Crippen LogP contribution in [0.4, 0.5) is 4.39 Å². The standard InChI is InChI=1S/C13H10ClF/c1-9-2-4-10(5-3-9)11-6-12(14)8-13(15)7-11/h2-8H,1H3. The van der Waals surface area contributed by atoms with Crippen LogP contribution < -0.4 is 0 Å². The van der Waals surface area contributed by atoms with E-state index < -0.39 is 0 Å². The Bertz CT molecular complexity index is 454. The molecule has 0 fully saturated rings. The summed E-state index contributed by atoms with van der Waals surface area (Å²) >= 11 is 5.79. The third kappa shape index (κ3) is 2.37. The molecular formula is C13H10ClF. The molecule has 0 unspecified atom stereocenters. The average molecular weight is 221 g/mol. The quantitative estimate of drug-likeness (QED) is 0.666. The van der Waals surface area contributed by atoms with Crippen LogP contribution in [0.5, 0.6) is 0 Å². The van der Waals surface area contributed by atoms with Crippen LogP contribution in [0.15, 0.2) is 42.5 Å². The van der Waals surface area contributed by atoms with Crippen molar-refractivity contribution in [2.45, 2.75) is 6.92 Å². The summed E-state index contributed by atoms with van der Waals surface area (Å²) in [6, 6.07) is 12.5. The summed E-state index contributed by atoms with van der Waals surface area (Å²) in [5.41, 5.74) is 2.96. The van der Waals surface area contributed by atoms with Crippen molar-refractivity contribution in [1.82, 2.24) is 0 Å². The Labute approximate surface area is 93.3 Å². The van der Waals surface area contributed by atoms with Gasteiger partial charge in [-0.05, 0) is 36.2 Å². The average Bonchev–Trinajstić information content (AvgIpc) is 2.17. The highest BCUT2D eigenvalue weighted by Crippen LogP contribution is 2.24. The third-order valence-electron chi connectivity index (χ3n) is 2.25.